The predicted octanol–water partition coefficient (Wildman–Crippen LogP) is 2.92. The maximum absolute atomic E-state index is 13.9. The minimum Gasteiger partial charge on any atom is -0.506 e. The van der Waals surface area contributed by atoms with Gasteiger partial charge in [0.15, 0.2) is 11.6 Å². The number of likely N-dealkylation sites (tertiary alicyclic amines) is 1. The third-order valence-corrected chi connectivity index (χ3v) is 5.98. The van der Waals surface area contributed by atoms with Gasteiger partial charge in [-0.1, -0.05) is 12.1 Å². The molecule has 0 amide bonds. The van der Waals surface area contributed by atoms with Crippen LogP contribution < -0.4 is 0 Å². The highest BCUT2D eigenvalue weighted by molar-refractivity contribution is 5.22. The molecule has 1 aliphatic heterocycles. The van der Waals surface area contributed by atoms with Gasteiger partial charge >= 0.3 is 0 Å². The van der Waals surface area contributed by atoms with E-state index in [0.29, 0.717) is 24.7 Å². The van der Waals surface area contributed by atoms with E-state index in [2.05, 4.69) is 9.88 Å². The first-order chi connectivity index (χ1) is 12.9. The van der Waals surface area contributed by atoms with Crippen molar-refractivity contribution in [2.75, 3.05) is 19.6 Å². The Morgan fingerprint density at radius 1 is 1.11 bits per heavy atom. The lowest BCUT2D eigenvalue weighted by Gasteiger charge is -2.26. The average molecular weight is 374 g/mol. The Morgan fingerprint density at radius 3 is 2.52 bits per heavy atom. The molecule has 0 radical (unpaired) electrons. The summed E-state index contributed by atoms with van der Waals surface area (Å²) < 4.78 is 27.4. The van der Waals surface area contributed by atoms with Crippen LogP contribution >= 0.6 is 0 Å². The second kappa shape index (κ2) is 7.17. The van der Waals surface area contributed by atoms with E-state index in [-0.39, 0.29) is 17.7 Å². The Labute approximate surface area is 157 Å². The van der Waals surface area contributed by atoms with Gasteiger partial charge in [0.25, 0.3) is 0 Å². The van der Waals surface area contributed by atoms with Gasteiger partial charge in [0.1, 0.15) is 5.75 Å². The van der Waals surface area contributed by atoms with Crippen LogP contribution in [0.5, 0.6) is 5.75 Å². The summed E-state index contributed by atoms with van der Waals surface area (Å²) in [6, 6.07) is 7.63. The summed E-state index contributed by atoms with van der Waals surface area (Å²) in [6.07, 6.45) is 3.70. The molecule has 27 heavy (non-hydrogen) atoms. The van der Waals surface area contributed by atoms with Gasteiger partial charge in [-0.15, -0.1) is 0 Å². The molecule has 1 aromatic heterocycles. The Bertz CT molecular complexity index is 798. The molecule has 2 N–H and O–H groups in total. The molecule has 0 bridgehead atoms. The van der Waals surface area contributed by atoms with Gasteiger partial charge in [0.05, 0.1) is 11.8 Å². The molecule has 4 rings (SSSR count). The van der Waals surface area contributed by atoms with Gasteiger partial charge in [-0.2, -0.15) is 0 Å². The number of aliphatic hydroxyl groups is 1. The van der Waals surface area contributed by atoms with Crippen molar-refractivity contribution in [2.45, 2.75) is 31.3 Å². The molecule has 2 aliphatic rings. The number of fused-ring (bicyclic) bond motifs is 1. The number of halogens is 2. The number of aromatic hydroxyl groups is 1. The maximum Gasteiger partial charge on any atom is 0.162 e. The van der Waals surface area contributed by atoms with Crippen molar-refractivity contribution in [1.29, 1.82) is 0 Å². The minimum atomic E-state index is -0.950. The molecule has 144 valence electrons. The van der Waals surface area contributed by atoms with Crippen LogP contribution in [0.2, 0.25) is 0 Å². The number of rotatable bonds is 5. The van der Waals surface area contributed by atoms with Crippen LogP contribution in [0, 0.1) is 23.5 Å². The summed E-state index contributed by atoms with van der Waals surface area (Å²) >= 11 is 0. The lowest BCUT2D eigenvalue weighted by molar-refractivity contribution is 0.0346. The van der Waals surface area contributed by atoms with Gasteiger partial charge in [-0.05, 0) is 48.4 Å². The van der Waals surface area contributed by atoms with Crippen molar-refractivity contribution >= 4 is 0 Å². The number of benzene rings is 1. The number of nitrogens with zero attached hydrogens (tertiary/aromatic N) is 2. The second-order valence-corrected chi connectivity index (χ2v) is 8.06. The number of aromatic nitrogens is 1. The molecular weight excluding hydrogens is 350 g/mol. The van der Waals surface area contributed by atoms with E-state index >= 15 is 0 Å². The van der Waals surface area contributed by atoms with Crippen LogP contribution in [-0.2, 0) is 12.8 Å². The Kier molecular flexibility index (Phi) is 4.86. The SMILES string of the molecule is Oc1ccc(CCN2C[C@@H]3CC(O)(Cc4cccc(F)c4F)C[C@@H]3C2)nc1. The van der Waals surface area contributed by atoms with Crippen LogP contribution in [0.1, 0.15) is 24.1 Å². The van der Waals surface area contributed by atoms with E-state index in [4.69, 9.17) is 0 Å². The van der Waals surface area contributed by atoms with Gasteiger partial charge < -0.3 is 15.1 Å². The number of pyridine rings is 1. The average Bonchev–Trinajstić information content (AvgIpc) is 3.13. The van der Waals surface area contributed by atoms with E-state index in [1.807, 2.05) is 6.07 Å². The highest BCUT2D eigenvalue weighted by Crippen LogP contribution is 2.45. The zero-order valence-electron chi connectivity index (χ0n) is 15.1. The molecule has 1 aliphatic carbocycles. The van der Waals surface area contributed by atoms with Crippen LogP contribution in [0.15, 0.2) is 36.5 Å². The molecule has 1 aromatic carbocycles. The van der Waals surface area contributed by atoms with Crippen molar-refractivity contribution in [3.63, 3.8) is 0 Å². The number of hydrogen-bond donors (Lipinski definition) is 2. The molecule has 1 saturated carbocycles. The topological polar surface area (TPSA) is 56.6 Å². The van der Waals surface area contributed by atoms with Crippen LogP contribution in [0.3, 0.4) is 0 Å². The maximum atomic E-state index is 13.9. The first-order valence-corrected chi connectivity index (χ1v) is 9.43. The lowest BCUT2D eigenvalue weighted by atomic mass is 9.91. The van der Waals surface area contributed by atoms with Crippen molar-refractivity contribution < 1.29 is 19.0 Å². The normalized spacial score (nSPS) is 27.8. The quantitative estimate of drug-likeness (QED) is 0.845. The first kappa shape index (κ1) is 18.3. The number of hydrogen-bond acceptors (Lipinski definition) is 4. The summed E-state index contributed by atoms with van der Waals surface area (Å²) in [5.74, 6) is -0.753. The molecule has 2 fully saturated rings. The van der Waals surface area contributed by atoms with Crippen LogP contribution in [0.4, 0.5) is 8.78 Å². The summed E-state index contributed by atoms with van der Waals surface area (Å²) in [5, 5.41) is 20.2. The van der Waals surface area contributed by atoms with Gasteiger partial charge in [0.2, 0.25) is 0 Å². The first-order valence-electron chi connectivity index (χ1n) is 9.43. The summed E-state index contributed by atoms with van der Waals surface area (Å²) in [5.41, 5.74) is 0.254. The molecule has 1 saturated heterocycles. The van der Waals surface area contributed by atoms with E-state index < -0.39 is 17.2 Å². The fourth-order valence-corrected chi connectivity index (χ4v) is 4.76. The molecule has 2 heterocycles. The summed E-state index contributed by atoms with van der Waals surface area (Å²) in [6.45, 7) is 2.72. The van der Waals surface area contributed by atoms with Crippen molar-refractivity contribution in [2.24, 2.45) is 11.8 Å². The summed E-state index contributed by atoms with van der Waals surface area (Å²) in [4.78, 5) is 6.60. The third-order valence-electron chi connectivity index (χ3n) is 5.98. The van der Waals surface area contributed by atoms with Gasteiger partial charge in [0, 0.05) is 38.2 Å². The fraction of sp³-hybridized carbons (Fsp3) is 0.476. The second-order valence-electron chi connectivity index (χ2n) is 8.06. The van der Waals surface area contributed by atoms with Crippen molar-refractivity contribution in [3.05, 3.63) is 59.4 Å². The van der Waals surface area contributed by atoms with Crippen molar-refractivity contribution in [3.8, 4) is 5.75 Å². The predicted molar refractivity (Wildman–Crippen MR) is 97.3 cm³/mol. The zero-order chi connectivity index (χ0) is 19.0. The largest absolute Gasteiger partial charge is 0.506 e. The highest BCUT2D eigenvalue weighted by Gasteiger charge is 2.48. The van der Waals surface area contributed by atoms with Crippen molar-refractivity contribution in [1.82, 2.24) is 9.88 Å². The molecule has 6 heteroatoms. The zero-order valence-corrected chi connectivity index (χ0v) is 15.1. The Hall–Kier alpha value is -2.05. The molecular formula is C21H24F2N2O2. The van der Waals surface area contributed by atoms with E-state index in [9.17, 15) is 19.0 Å². The molecule has 2 aromatic rings. The Morgan fingerprint density at radius 2 is 1.85 bits per heavy atom. The molecule has 0 spiro atoms. The fourth-order valence-electron chi connectivity index (χ4n) is 4.76. The standard InChI is InChI=1S/C21H24F2N2O2/c22-19-3-1-2-14(20(19)23)8-21(27)9-15-12-25(13-16(15)10-21)7-6-17-4-5-18(26)11-24-17/h1-5,11,15-16,26-27H,6-10,12-13H2/t15-,16+,21?. The van der Waals surface area contributed by atoms with Gasteiger partial charge in [-0.3, -0.25) is 4.98 Å². The third kappa shape index (κ3) is 3.96. The molecule has 1 unspecified atom stereocenters. The van der Waals surface area contributed by atoms with E-state index in [0.717, 1.165) is 37.8 Å². The highest BCUT2D eigenvalue weighted by atomic mass is 19.2. The minimum absolute atomic E-state index is 0.168. The lowest BCUT2D eigenvalue weighted by Crippen LogP contribution is -2.33. The van der Waals surface area contributed by atoms with Gasteiger partial charge in [-0.25, -0.2) is 8.78 Å². The van der Waals surface area contributed by atoms with Crippen LogP contribution in [-0.4, -0.2) is 45.3 Å². The smallest absolute Gasteiger partial charge is 0.162 e. The monoisotopic (exact) mass is 374 g/mol. The van der Waals surface area contributed by atoms with Crippen LogP contribution in [0.25, 0.3) is 0 Å². The molecule has 3 atom stereocenters. The molecule has 4 nitrogen and oxygen atoms in total. The van der Waals surface area contributed by atoms with E-state index in [1.54, 1.807) is 12.1 Å². The van der Waals surface area contributed by atoms with E-state index in [1.165, 1.54) is 12.3 Å². The summed E-state index contributed by atoms with van der Waals surface area (Å²) in [7, 11) is 0. The Balaban J connectivity index is 1.32.